The molecule has 0 aliphatic rings. The topological polar surface area (TPSA) is 57.6 Å². The summed E-state index contributed by atoms with van der Waals surface area (Å²) in [5.74, 6) is -1.03. The van der Waals surface area contributed by atoms with Gasteiger partial charge in [-0.1, -0.05) is 0 Å². The summed E-state index contributed by atoms with van der Waals surface area (Å²) in [6, 6.07) is 1.88. The molecule has 17 heavy (non-hydrogen) atoms. The number of carboxylic acids is 1. The Morgan fingerprint density at radius 1 is 1.47 bits per heavy atom. The van der Waals surface area contributed by atoms with Gasteiger partial charge in [-0.2, -0.15) is 0 Å². The van der Waals surface area contributed by atoms with E-state index in [2.05, 4.69) is 0 Å². The quantitative estimate of drug-likeness (QED) is 0.898. The van der Waals surface area contributed by atoms with E-state index in [4.69, 9.17) is 5.11 Å². The summed E-state index contributed by atoms with van der Waals surface area (Å²) in [6.07, 6.45) is -0.0698. The fourth-order valence-corrected chi connectivity index (χ4v) is 2.41. The predicted molar refractivity (Wildman–Crippen MR) is 67.5 cm³/mol. The van der Waals surface area contributed by atoms with Crippen LogP contribution >= 0.6 is 11.3 Å². The van der Waals surface area contributed by atoms with Crippen molar-refractivity contribution in [2.45, 2.75) is 32.7 Å². The molecule has 5 heteroatoms. The van der Waals surface area contributed by atoms with Crippen LogP contribution in [0.25, 0.3) is 0 Å². The highest BCUT2D eigenvalue weighted by Crippen LogP contribution is 2.23. The van der Waals surface area contributed by atoms with Crippen molar-refractivity contribution in [3.8, 4) is 0 Å². The normalized spacial score (nSPS) is 11.3. The fourth-order valence-electron chi connectivity index (χ4n) is 1.51. The average Bonchev–Trinajstić information content (AvgIpc) is 2.60. The number of rotatable bonds is 4. The minimum atomic E-state index is -0.905. The van der Waals surface area contributed by atoms with E-state index < -0.39 is 11.5 Å². The minimum Gasteiger partial charge on any atom is -0.481 e. The first kappa shape index (κ1) is 13.7. The zero-order valence-electron chi connectivity index (χ0n) is 10.5. The van der Waals surface area contributed by atoms with Gasteiger partial charge < -0.3 is 10.0 Å². The highest BCUT2D eigenvalue weighted by molar-refractivity contribution is 7.12. The van der Waals surface area contributed by atoms with Gasteiger partial charge in [0, 0.05) is 12.6 Å². The second kappa shape index (κ2) is 4.87. The van der Waals surface area contributed by atoms with E-state index in [9.17, 15) is 9.59 Å². The Balaban J connectivity index is 2.90. The van der Waals surface area contributed by atoms with Gasteiger partial charge in [-0.05, 0) is 37.8 Å². The highest BCUT2D eigenvalue weighted by atomic mass is 32.1. The first-order chi connectivity index (χ1) is 7.75. The van der Waals surface area contributed by atoms with Crippen LogP contribution in [0, 0.1) is 6.92 Å². The molecule has 0 atom stereocenters. The molecule has 0 aliphatic heterocycles. The van der Waals surface area contributed by atoms with Gasteiger partial charge in [0.25, 0.3) is 5.91 Å². The molecule has 0 radical (unpaired) electrons. The van der Waals surface area contributed by atoms with Crippen molar-refractivity contribution in [3.05, 3.63) is 21.9 Å². The van der Waals surface area contributed by atoms with Gasteiger partial charge >= 0.3 is 5.97 Å². The van der Waals surface area contributed by atoms with E-state index in [1.165, 1.54) is 16.2 Å². The Labute approximate surface area is 105 Å². The number of carboxylic acid groups (broad SMARTS) is 1. The van der Waals surface area contributed by atoms with E-state index in [1.54, 1.807) is 20.9 Å². The van der Waals surface area contributed by atoms with Gasteiger partial charge in [-0.15, -0.1) is 11.3 Å². The van der Waals surface area contributed by atoms with E-state index in [1.807, 2.05) is 18.4 Å². The predicted octanol–water partition coefficient (Wildman–Crippen LogP) is 2.38. The van der Waals surface area contributed by atoms with E-state index in [0.717, 1.165) is 5.56 Å². The highest BCUT2D eigenvalue weighted by Gasteiger charge is 2.31. The zero-order valence-corrected chi connectivity index (χ0v) is 11.3. The molecular weight excluding hydrogens is 238 g/mol. The smallest absolute Gasteiger partial charge is 0.305 e. The Kier molecular flexibility index (Phi) is 3.93. The molecule has 0 fully saturated rings. The molecule has 1 amide bonds. The molecule has 1 rings (SSSR count). The van der Waals surface area contributed by atoms with Crippen LogP contribution in [0.1, 0.15) is 35.5 Å². The summed E-state index contributed by atoms with van der Waals surface area (Å²) < 4.78 is 0. The summed E-state index contributed by atoms with van der Waals surface area (Å²) in [5.41, 5.74) is 0.234. The lowest BCUT2D eigenvalue weighted by Gasteiger charge is -2.34. The van der Waals surface area contributed by atoms with E-state index >= 15 is 0 Å². The molecule has 0 saturated heterocycles. The third-order valence-electron chi connectivity index (χ3n) is 2.85. The number of aryl methyl sites for hydroxylation is 1. The summed E-state index contributed by atoms with van der Waals surface area (Å²) in [6.45, 7) is 5.38. The third-order valence-corrected chi connectivity index (χ3v) is 3.86. The number of thiophene rings is 1. The number of hydrogen-bond donors (Lipinski definition) is 1. The molecule has 0 spiro atoms. The standard InChI is InChI=1S/C12H17NO3S/c1-8-5-6-17-10(8)11(16)13(4)12(2,3)7-9(14)15/h5-6H,7H2,1-4H3,(H,14,15). The average molecular weight is 255 g/mol. The molecule has 4 nitrogen and oxygen atoms in total. The number of carbonyl (C=O) groups excluding carboxylic acids is 1. The Morgan fingerprint density at radius 3 is 2.47 bits per heavy atom. The van der Waals surface area contributed by atoms with Crippen LogP contribution in [0.3, 0.4) is 0 Å². The maximum Gasteiger partial charge on any atom is 0.305 e. The van der Waals surface area contributed by atoms with Crippen molar-refractivity contribution < 1.29 is 14.7 Å². The van der Waals surface area contributed by atoms with Gasteiger partial charge in [-0.3, -0.25) is 9.59 Å². The second-order valence-corrected chi connectivity index (χ2v) is 5.60. The first-order valence-electron chi connectivity index (χ1n) is 5.30. The lowest BCUT2D eigenvalue weighted by Crippen LogP contribution is -2.46. The lowest BCUT2D eigenvalue weighted by molar-refractivity contribution is -0.139. The van der Waals surface area contributed by atoms with Crippen molar-refractivity contribution >= 4 is 23.2 Å². The molecule has 0 saturated carbocycles. The summed E-state index contributed by atoms with van der Waals surface area (Å²) in [4.78, 5) is 25.1. The van der Waals surface area contributed by atoms with E-state index in [0.29, 0.717) is 4.88 Å². The van der Waals surface area contributed by atoms with Gasteiger partial charge in [0.15, 0.2) is 0 Å². The molecule has 0 aliphatic carbocycles. The SMILES string of the molecule is Cc1ccsc1C(=O)N(C)C(C)(C)CC(=O)O. The maximum absolute atomic E-state index is 12.2. The molecule has 0 unspecified atom stereocenters. The van der Waals surface area contributed by atoms with E-state index in [-0.39, 0.29) is 12.3 Å². The molecular formula is C12H17NO3S. The van der Waals surface area contributed by atoms with Crippen molar-refractivity contribution in [3.63, 3.8) is 0 Å². The summed E-state index contributed by atoms with van der Waals surface area (Å²) in [7, 11) is 1.64. The number of amides is 1. The molecule has 0 bridgehead atoms. The fraction of sp³-hybridized carbons (Fsp3) is 0.500. The molecule has 0 aromatic carbocycles. The van der Waals surface area contributed by atoms with Crippen LogP contribution < -0.4 is 0 Å². The monoisotopic (exact) mass is 255 g/mol. The van der Waals surface area contributed by atoms with Crippen molar-refractivity contribution in [1.29, 1.82) is 0 Å². The number of carbonyl (C=O) groups is 2. The van der Waals surface area contributed by atoms with Crippen LogP contribution in [-0.2, 0) is 4.79 Å². The van der Waals surface area contributed by atoms with Crippen LogP contribution in [0.15, 0.2) is 11.4 Å². The molecule has 94 valence electrons. The number of aliphatic carboxylic acids is 1. The molecule has 1 aromatic heterocycles. The Hall–Kier alpha value is -1.36. The lowest BCUT2D eigenvalue weighted by atomic mass is 9.98. The Bertz CT molecular complexity index is 437. The van der Waals surface area contributed by atoms with Crippen LogP contribution in [0.4, 0.5) is 0 Å². The van der Waals surface area contributed by atoms with Crippen LogP contribution in [0.2, 0.25) is 0 Å². The zero-order chi connectivity index (χ0) is 13.2. The van der Waals surface area contributed by atoms with Crippen molar-refractivity contribution in [1.82, 2.24) is 4.90 Å². The van der Waals surface area contributed by atoms with Gasteiger partial charge in [0.1, 0.15) is 0 Å². The molecule has 1 N–H and O–H groups in total. The Morgan fingerprint density at radius 2 is 2.06 bits per heavy atom. The van der Waals surface area contributed by atoms with Gasteiger partial charge in [0.2, 0.25) is 0 Å². The summed E-state index contributed by atoms with van der Waals surface area (Å²) >= 11 is 1.38. The second-order valence-electron chi connectivity index (χ2n) is 4.68. The van der Waals surface area contributed by atoms with Gasteiger partial charge in [0.05, 0.1) is 11.3 Å². The first-order valence-corrected chi connectivity index (χ1v) is 6.17. The van der Waals surface area contributed by atoms with Crippen LogP contribution in [0.5, 0.6) is 0 Å². The minimum absolute atomic E-state index is 0.0698. The molecule has 1 heterocycles. The molecule has 1 aromatic rings. The van der Waals surface area contributed by atoms with Crippen molar-refractivity contribution in [2.75, 3.05) is 7.05 Å². The largest absolute Gasteiger partial charge is 0.481 e. The number of hydrogen-bond acceptors (Lipinski definition) is 3. The third kappa shape index (κ3) is 3.06. The van der Waals surface area contributed by atoms with Gasteiger partial charge in [-0.25, -0.2) is 0 Å². The van der Waals surface area contributed by atoms with Crippen LogP contribution in [-0.4, -0.2) is 34.5 Å². The number of nitrogens with zero attached hydrogens (tertiary/aromatic N) is 1. The summed E-state index contributed by atoms with van der Waals surface area (Å²) in [5, 5.41) is 10.7. The maximum atomic E-state index is 12.2. The van der Waals surface area contributed by atoms with Crippen molar-refractivity contribution in [2.24, 2.45) is 0 Å².